The molecule has 0 amide bonds. The third-order valence-electron chi connectivity index (χ3n) is 4.39. The molecule has 1 heterocycles. The monoisotopic (exact) mass is 227 g/mol. The summed E-state index contributed by atoms with van der Waals surface area (Å²) in [6.45, 7) is 11.1. The van der Waals surface area contributed by atoms with Gasteiger partial charge < -0.3 is 10.6 Å². The molecule has 0 spiro atoms. The fourth-order valence-corrected chi connectivity index (χ4v) is 3.02. The number of rotatable bonds is 3. The smallest absolute Gasteiger partial charge is 0.0170 e. The fourth-order valence-electron chi connectivity index (χ4n) is 3.02. The van der Waals surface area contributed by atoms with E-state index >= 15 is 0 Å². The van der Waals surface area contributed by atoms with Crippen LogP contribution in [0.5, 0.6) is 0 Å². The minimum Gasteiger partial charge on any atom is -0.329 e. The largest absolute Gasteiger partial charge is 0.329 e. The number of likely N-dealkylation sites (tertiary alicyclic amines) is 1. The maximum absolute atomic E-state index is 5.65. The van der Waals surface area contributed by atoms with Crippen molar-refractivity contribution in [3.8, 4) is 0 Å². The zero-order valence-corrected chi connectivity index (χ0v) is 11.9. The van der Waals surface area contributed by atoms with Crippen LogP contribution in [-0.2, 0) is 0 Å². The first-order chi connectivity index (χ1) is 7.20. The van der Waals surface area contributed by atoms with Crippen LogP contribution >= 0.6 is 0 Å². The van der Waals surface area contributed by atoms with Gasteiger partial charge in [-0.05, 0) is 54.6 Å². The Kier molecular flexibility index (Phi) is 4.04. The van der Waals surface area contributed by atoms with Gasteiger partial charge in [0.25, 0.3) is 0 Å². The number of nitrogens with zero attached hydrogens (tertiary/aromatic N) is 2. The first kappa shape index (κ1) is 13.9. The van der Waals surface area contributed by atoms with E-state index in [1.807, 2.05) is 0 Å². The van der Waals surface area contributed by atoms with Crippen LogP contribution in [0.15, 0.2) is 0 Å². The zero-order valence-electron chi connectivity index (χ0n) is 11.9. The van der Waals surface area contributed by atoms with Gasteiger partial charge in [-0.25, -0.2) is 0 Å². The first-order valence-corrected chi connectivity index (χ1v) is 6.35. The maximum atomic E-state index is 5.65. The summed E-state index contributed by atoms with van der Waals surface area (Å²) >= 11 is 0. The summed E-state index contributed by atoms with van der Waals surface area (Å²) in [6, 6.07) is 0.657. The Labute approximate surface area is 101 Å². The quantitative estimate of drug-likeness (QED) is 0.793. The standard InChI is InChI=1S/C13H29N3/c1-12(2)9-11(15(5)8-7-14)10-13(3,4)16(12)6/h11H,7-10,14H2,1-6H3. The maximum Gasteiger partial charge on any atom is 0.0170 e. The van der Waals surface area contributed by atoms with Gasteiger partial charge in [-0.1, -0.05) is 0 Å². The number of piperidine rings is 1. The van der Waals surface area contributed by atoms with Gasteiger partial charge in [0.05, 0.1) is 0 Å². The van der Waals surface area contributed by atoms with Crippen molar-refractivity contribution in [1.82, 2.24) is 9.80 Å². The second-order valence-corrected chi connectivity index (χ2v) is 6.52. The van der Waals surface area contributed by atoms with Crippen LogP contribution in [0.4, 0.5) is 0 Å². The molecule has 96 valence electrons. The predicted octanol–water partition coefficient (Wildman–Crippen LogP) is 1.53. The molecule has 1 saturated heterocycles. The number of nitrogens with two attached hydrogens (primary N) is 1. The summed E-state index contributed by atoms with van der Waals surface area (Å²) in [4.78, 5) is 4.95. The van der Waals surface area contributed by atoms with Gasteiger partial charge in [0, 0.05) is 30.2 Å². The van der Waals surface area contributed by atoms with Crippen molar-refractivity contribution in [3.05, 3.63) is 0 Å². The Morgan fingerprint density at radius 1 is 1.19 bits per heavy atom. The summed E-state index contributed by atoms with van der Waals surface area (Å²) < 4.78 is 0. The lowest BCUT2D eigenvalue weighted by Gasteiger charge is -2.55. The first-order valence-electron chi connectivity index (χ1n) is 6.35. The van der Waals surface area contributed by atoms with Crippen molar-refractivity contribution in [3.63, 3.8) is 0 Å². The fraction of sp³-hybridized carbons (Fsp3) is 1.00. The lowest BCUT2D eigenvalue weighted by Crippen LogP contribution is -2.62. The highest BCUT2D eigenvalue weighted by molar-refractivity contribution is 5.00. The third kappa shape index (κ3) is 2.76. The zero-order chi connectivity index (χ0) is 12.6. The Morgan fingerprint density at radius 2 is 1.62 bits per heavy atom. The number of likely N-dealkylation sites (N-methyl/N-ethyl adjacent to an activating group) is 1. The van der Waals surface area contributed by atoms with Crippen LogP contribution in [0.25, 0.3) is 0 Å². The molecule has 0 aromatic carbocycles. The van der Waals surface area contributed by atoms with Crippen LogP contribution in [0.2, 0.25) is 0 Å². The highest BCUT2D eigenvalue weighted by atomic mass is 15.3. The van der Waals surface area contributed by atoms with Crippen molar-refractivity contribution in [1.29, 1.82) is 0 Å². The van der Waals surface area contributed by atoms with E-state index in [-0.39, 0.29) is 11.1 Å². The average molecular weight is 227 g/mol. The van der Waals surface area contributed by atoms with Crippen molar-refractivity contribution in [2.75, 3.05) is 27.2 Å². The summed E-state index contributed by atoms with van der Waals surface area (Å²) in [5.41, 5.74) is 6.19. The van der Waals surface area contributed by atoms with E-state index in [9.17, 15) is 0 Å². The highest BCUT2D eigenvalue weighted by Crippen LogP contribution is 2.38. The van der Waals surface area contributed by atoms with Gasteiger partial charge in [0.2, 0.25) is 0 Å². The van der Waals surface area contributed by atoms with E-state index in [0.717, 1.165) is 13.1 Å². The second-order valence-electron chi connectivity index (χ2n) is 6.52. The molecule has 0 aromatic heterocycles. The van der Waals surface area contributed by atoms with Gasteiger partial charge in [0.1, 0.15) is 0 Å². The van der Waals surface area contributed by atoms with Gasteiger partial charge in [-0.15, -0.1) is 0 Å². The summed E-state index contributed by atoms with van der Waals surface area (Å²) in [5.74, 6) is 0. The summed E-state index contributed by atoms with van der Waals surface area (Å²) in [6.07, 6.45) is 2.45. The Bertz CT molecular complexity index is 217. The van der Waals surface area contributed by atoms with Gasteiger partial charge in [-0.2, -0.15) is 0 Å². The van der Waals surface area contributed by atoms with E-state index in [1.165, 1.54) is 12.8 Å². The molecule has 2 N–H and O–H groups in total. The molecule has 0 radical (unpaired) electrons. The molecule has 16 heavy (non-hydrogen) atoms. The molecular formula is C13H29N3. The van der Waals surface area contributed by atoms with Crippen LogP contribution < -0.4 is 5.73 Å². The molecule has 3 heteroatoms. The molecule has 0 aliphatic carbocycles. The molecule has 1 aliphatic rings. The Hall–Kier alpha value is -0.120. The summed E-state index contributed by atoms with van der Waals surface area (Å²) in [5, 5.41) is 0. The molecule has 0 unspecified atom stereocenters. The number of hydrogen-bond acceptors (Lipinski definition) is 3. The van der Waals surface area contributed by atoms with E-state index in [0.29, 0.717) is 6.04 Å². The minimum atomic E-state index is 0.273. The SMILES string of the molecule is CN(CCN)C1CC(C)(C)N(C)C(C)(C)C1. The van der Waals surface area contributed by atoms with E-state index in [2.05, 4.69) is 51.6 Å². The van der Waals surface area contributed by atoms with Crippen LogP contribution in [0.3, 0.4) is 0 Å². The van der Waals surface area contributed by atoms with Crippen LogP contribution in [-0.4, -0.2) is 54.1 Å². The molecular weight excluding hydrogens is 198 g/mol. The van der Waals surface area contributed by atoms with Gasteiger partial charge in [-0.3, -0.25) is 4.90 Å². The lowest BCUT2D eigenvalue weighted by atomic mass is 9.77. The molecule has 1 aliphatic heterocycles. The Balaban J connectivity index is 2.78. The van der Waals surface area contributed by atoms with E-state index in [4.69, 9.17) is 5.73 Å². The topological polar surface area (TPSA) is 32.5 Å². The molecule has 0 saturated carbocycles. The molecule has 1 rings (SSSR count). The van der Waals surface area contributed by atoms with Gasteiger partial charge >= 0.3 is 0 Å². The average Bonchev–Trinajstić information content (AvgIpc) is 2.13. The van der Waals surface area contributed by atoms with E-state index < -0.39 is 0 Å². The van der Waals surface area contributed by atoms with Gasteiger partial charge in [0.15, 0.2) is 0 Å². The molecule has 3 nitrogen and oxygen atoms in total. The van der Waals surface area contributed by atoms with Crippen molar-refractivity contribution >= 4 is 0 Å². The molecule has 0 aromatic rings. The second kappa shape index (κ2) is 4.63. The minimum absolute atomic E-state index is 0.273. The van der Waals surface area contributed by atoms with Crippen LogP contribution in [0, 0.1) is 0 Å². The molecule has 0 atom stereocenters. The summed E-state index contributed by atoms with van der Waals surface area (Å²) in [7, 11) is 4.45. The highest BCUT2D eigenvalue weighted by Gasteiger charge is 2.43. The lowest BCUT2D eigenvalue weighted by molar-refractivity contribution is -0.0418. The predicted molar refractivity (Wildman–Crippen MR) is 70.6 cm³/mol. The number of hydrogen-bond donors (Lipinski definition) is 1. The normalized spacial score (nSPS) is 26.2. The third-order valence-corrected chi connectivity index (χ3v) is 4.39. The van der Waals surface area contributed by atoms with E-state index in [1.54, 1.807) is 0 Å². The van der Waals surface area contributed by atoms with Crippen molar-refractivity contribution in [2.24, 2.45) is 5.73 Å². The van der Waals surface area contributed by atoms with Crippen LogP contribution in [0.1, 0.15) is 40.5 Å². The molecule has 1 fully saturated rings. The van der Waals surface area contributed by atoms with Crippen molar-refractivity contribution in [2.45, 2.75) is 57.7 Å². The Morgan fingerprint density at radius 3 is 2.00 bits per heavy atom. The van der Waals surface area contributed by atoms with Crippen molar-refractivity contribution < 1.29 is 0 Å². The molecule has 0 bridgehead atoms.